The summed E-state index contributed by atoms with van der Waals surface area (Å²) < 4.78 is 52.3. The van der Waals surface area contributed by atoms with Crippen LogP contribution in [0.15, 0.2) is 39.2 Å². The topological polar surface area (TPSA) is 80.3 Å². The van der Waals surface area contributed by atoms with E-state index in [0.717, 1.165) is 17.8 Å². The highest BCUT2D eigenvalue weighted by molar-refractivity contribution is 7.94. The van der Waals surface area contributed by atoms with Crippen LogP contribution in [-0.2, 0) is 19.9 Å². The van der Waals surface area contributed by atoms with Crippen LogP contribution < -0.4 is 4.72 Å². The fourth-order valence-electron chi connectivity index (χ4n) is 2.01. The molecule has 2 aromatic rings. The second-order valence-corrected chi connectivity index (χ2v) is 11.2. The van der Waals surface area contributed by atoms with Crippen LogP contribution in [0.25, 0.3) is 0 Å². The normalized spacial score (nSPS) is 14.0. The summed E-state index contributed by atoms with van der Waals surface area (Å²) in [5, 5.41) is 2.58. The molecule has 0 aliphatic carbocycles. The molecule has 0 aliphatic heterocycles. The van der Waals surface area contributed by atoms with Gasteiger partial charge < -0.3 is 0 Å². The number of rotatable bonds is 9. The van der Waals surface area contributed by atoms with Crippen LogP contribution in [0.1, 0.15) is 29.9 Å². The fourth-order valence-corrected chi connectivity index (χ4v) is 7.34. The standard InChI is InChI=1S/C14H19NO4S4/c1-2-3-10-22(16,17)15-11-13(12-6-4-8-20-12)23(18,19)14-7-5-9-21-14/h4-9,13,15H,2-3,10-11H2,1H3. The zero-order valence-corrected chi connectivity index (χ0v) is 15.9. The number of unbranched alkanes of at least 4 members (excludes halogenated alkanes) is 1. The lowest BCUT2D eigenvalue weighted by molar-refractivity contribution is 0.568. The Morgan fingerprint density at radius 3 is 2.35 bits per heavy atom. The van der Waals surface area contributed by atoms with E-state index < -0.39 is 25.1 Å². The maximum Gasteiger partial charge on any atom is 0.211 e. The number of hydrogen-bond acceptors (Lipinski definition) is 6. The Morgan fingerprint density at radius 1 is 1.09 bits per heavy atom. The van der Waals surface area contributed by atoms with E-state index in [9.17, 15) is 16.8 Å². The molecule has 23 heavy (non-hydrogen) atoms. The van der Waals surface area contributed by atoms with Gasteiger partial charge in [0.1, 0.15) is 9.46 Å². The van der Waals surface area contributed by atoms with Crippen molar-refractivity contribution in [1.82, 2.24) is 4.72 Å². The highest BCUT2D eigenvalue weighted by Crippen LogP contribution is 2.33. The van der Waals surface area contributed by atoms with Gasteiger partial charge in [-0.05, 0) is 29.3 Å². The first-order valence-electron chi connectivity index (χ1n) is 7.15. The number of sulfone groups is 1. The molecule has 0 amide bonds. The molecular formula is C14H19NO4S4. The number of nitrogens with one attached hydrogen (secondary N) is 1. The minimum absolute atomic E-state index is 0.0136. The summed E-state index contributed by atoms with van der Waals surface area (Å²) in [7, 11) is -7.09. The average molecular weight is 394 g/mol. The molecule has 0 spiro atoms. The van der Waals surface area contributed by atoms with Crippen LogP contribution in [0.4, 0.5) is 0 Å². The van der Waals surface area contributed by atoms with Crippen molar-refractivity contribution in [3.05, 3.63) is 39.9 Å². The Hall–Kier alpha value is -0.740. The van der Waals surface area contributed by atoms with Gasteiger partial charge in [-0.15, -0.1) is 22.7 Å². The summed E-state index contributed by atoms with van der Waals surface area (Å²) in [6, 6.07) is 6.71. The lowest BCUT2D eigenvalue weighted by Crippen LogP contribution is -2.33. The lowest BCUT2D eigenvalue weighted by atomic mass is 10.3. The van der Waals surface area contributed by atoms with E-state index in [-0.39, 0.29) is 16.5 Å². The van der Waals surface area contributed by atoms with Gasteiger partial charge in [0, 0.05) is 11.4 Å². The summed E-state index contributed by atoms with van der Waals surface area (Å²) in [5.74, 6) is 0.0136. The third-order valence-electron chi connectivity index (χ3n) is 3.27. The monoisotopic (exact) mass is 393 g/mol. The van der Waals surface area contributed by atoms with E-state index in [2.05, 4.69) is 4.72 Å². The molecule has 2 aromatic heterocycles. The van der Waals surface area contributed by atoms with Crippen LogP contribution in [0.3, 0.4) is 0 Å². The minimum atomic E-state index is -3.62. The first-order valence-corrected chi connectivity index (χ1v) is 12.1. The van der Waals surface area contributed by atoms with E-state index in [1.165, 1.54) is 11.3 Å². The van der Waals surface area contributed by atoms with Crippen LogP contribution in [0, 0.1) is 0 Å². The molecule has 9 heteroatoms. The van der Waals surface area contributed by atoms with E-state index in [0.29, 0.717) is 11.3 Å². The van der Waals surface area contributed by atoms with Crippen molar-refractivity contribution in [2.24, 2.45) is 0 Å². The van der Waals surface area contributed by atoms with Gasteiger partial charge in [-0.2, -0.15) is 0 Å². The molecule has 1 atom stereocenters. The molecule has 0 aliphatic rings. The molecule has 0 aromatic carbocycles. The van der Waals surface area contributed by atoms with Crippen molar-refractivity contribution in [3.63, 3.8) is 0 Å². The van der Waals surface area contributed by atoms with Gasteiger partial charge in [0.25, 0.3) is 0 Å². The molecule has 0 saturated heterocycles. The Balaban J connectivity index is 2.24. The van der Waals surface area contributed by atoms with E-state index >= 15 is 0 Å². The third-order valence-corrected chi connectivity index (χ3v) is 9.35. The van der Waals surface area contributed by atoms with Crippen molar-refractivity contribution in [1.29, 1.82) is 0 Å². The highest BCUT2D eigenvalue weighted by Gasteiger charge is 2.31. The smallest absolute Gasteiger partial charge is 0.211 e. The summed E-state index contributed by atoms with van der Waals surface area (Å²) >= 11 is 2.46. The zero-order valence-electron chi connectivity index (χ0n) is 12.6. The predicted molar refractivity (Wildman–Crippen MR) is 95.3 cm³/mol. The first kappa shape index (κ1) is 18.6. The second kappa shape index (κ2) is 7.89. The zero-order chi connectivity index (χ0) is 16.9. The average Bonchev–Trinajstić information content (AvgIpc) is 3.18. The van der Waals surface area contributed by atoms with Crippen molar-refractivity contribution in [2.75, 3.05) is 12.3 Å². The molecule has 128 valence electrons. The van der Waals surface area contributed by atoms with E-state index in [1.54, 1.807) is 35.0 Å². The van der Waals surface area contributed by atoms with Crippen molar-refractivity contribution in [2.45, 2.75) is 29.2 Å². The molecule has 0 radical (unpaired) electrons. The minimum Gasteiger partial charge on any atom is -0.222 e. The van der Waals surface area contributed by atoms with Crippen molar-refractivity contribution >= 4 is 42.5 Å². The fraction of sp³-hybridized carbons (Fsp3) is 0.429. The Bertz CT molecular complexity index is 793. The summed E-state index contributed by atoms with van der Waals surface area (Å²) in [6.07, 6.45) is 1.32. The van der Waals surface area contributed by atoms with Crippen molar-refractivity contribution in [3.8, 4) is 0 Å². The van der Waals surface area contributed by atoms with E-state index in [4.69, 9.17) is 0 Å². The van der Waals surface area contributed by atoms with Gasteiger partial charge in [-0.25, -0.2) is 21.6 Å². The quantitative estimate of drug-likeness (QED) is 0.710. The SMILES string of the molecule is CCCCS(=O)(=O)NCC(c1cccs1)S(=O)(=O)c1cccs1. The van der Waals surface area contributed by atoms with Crippen molar-refractivity contribution < 1.29 is 16.8 Å². The Morgan fingerprint density at radius 2 is 1.78 bits per heavy atom. The molecule has 0 bridgehead atoms. The van der Waals surface area contributed by atoms with Gasteiger partial charge in [-0.1, -0.05) is 25.5 Å². The summed E-state index contributed by atoms with van der Waals surface area (Å²) in [4.78, 5) is 0.636. The van der Waals surface area contributed by atoms with Crippen LogP contribution in [0.2, 0.25) is 0 Å². The molecule has 1 N–H and O–H groups in total. The first-order chi connectivity index (χ1) is 10.9. The molecule has 1 unspecified atom stereocenters. The summed E-state index contributed by atoms with van der Waals surface area (Å²) in [6.45, 7) is 1.76. The number of sulfonamides is 1. The summed E-state index contributed by atoms with van der Waals surface area (Å²) in [5.41, 5.74) is 0. The lowest BCUT2D eigenvalue weighted by Gasteiger charge is -2.16. The van der Waals surface area contributed by atoms with Gasteiger partial charge in [0.05, 0.1) is 5.75 Å². The van der Waals surface area contributed by atoms with Gasteiger partial charge >= 0.3 is 0 Å². The molecule has 2 rings (SSSR count). The Kier molecular flexibility index (Phi) is 6.38. The van der Waals surface area contributed by atoms with Gasteiger partial charge in [0.15, 0.2) is 9.84 Å². The number of thiophene rings is 2. The third kappa shape index (κ3) is 4.87. The number of hydrogen-bond donors (Lipinski definition) is 1. The van der Waals surface area contributed by atoms with Crippen LogP contribution >= 0.6 is 22.7 Å². The van der Waals surface area contributed by atoms with Gasteiger partial charge in [-0.3, -0.25) is 0 Å². The predicted octanol–water partition coefficient (Wildman–Crippen LogP) is 3.04. The Labute approximate surface area is 145 Å². The largest absolute Gasteiger partial charge is 0.222 e. The highest BCUT2D eigenvalue weighted by atomic mass is 32.2. The molecule has 0 fully saturated rings. The van der Waals surface area contributed by atoms with E-state index in [1.807, 2.05) is 6.92 Å². The van der Waals surface area contributed by atoms with Gasteiger partial charge in [0.2, 0.25) is 10.0 Å². The maximum absolute atomic E-state index is 12.8. The maximum atomic E-state index is 12.8. The molecule has 5 nitrogen and oxygen atoms in total. The molecular weight excluding hydrogens is 374 g/mol. The molecule has 2 heterocycles. The van der Waals surface area contributed by atoms with Crippen LogP contribution in [-0.4, -0.2) is 29.1 Å². The molecule has 0 saturated carbocycles. The van der Waals surface area contributed by atoms with Crippen LogP contribution in [0.5, 0.6) is 0 Å². The second-order valence-electron chi connectivity index (χ2n) is 5.00.